The van der Waals surface area contributed by atoms with Crippen LogP contribution in [0.15, 0.2) is 60.7 Å². The molecule has 2 N–H and O–H groups in total. The highest BCUT2D eigenvalue weighted by Gasteiger charge is 2.35. The maximum atomic E-state index is 9.01. The van der Waals surface area contributed by atoms with E-state index in [0.29, 0.717) is 6.61 Å². The molecule has 1 saturated heterocycles. The van der Waals surface area contributed by atoms with Crippen LogP contribution in [0, 0.1) is 0 Å². The van der Waals surface area contributed by atoms with E-state index in [9.17, 15) is 0 Å². The number of hydrogen-bond acceptors (Lipinski definition) is 4. The summed E-state index contributed by atoms with van der Waals surface area (Å²) in [7, 11) is 0. The summed E-state index contributed by atoms with van der Waals surface area (Å²) in [6.45, 7) is 3.25. The molecule has 4 nitrogen and oxygen atoms in total. The highest BCUT2D eigenvalue weighted by Crippen LogP contribution is 2.28. The topological polar surface area (TPSA) is 44.7 Å². The predicted octanol–water partition coefficient (Wildman–Crippen LogP) is 3.62. The smallest absolute Gasteiger partial charge is 0.105 e. The van der Waals surface area contributed by atoms with Crippen LogP contribution in [0.5, 0.6) is 0 Å². The molecule has 0 atom stereocenters. The van der Waals surface area contributed by atoms with Gasteiger partial charge in [-0.25, -0.2) is 4.89 Å². The summed E-state index contributed by atoms with van der Waals surface area (Å²) in [4.78, 5) is 6.99. The first-order valence-electron chi connectivity index (χ1n) is 8.16. The first-order valence-corrected chi connectivity index (χ1v) is 8.16. The lowest BCUT2D eigenvalue weighted by Crippen LogP contribution is -2.51. The van der Waals surface area contributed by atoms with E-state index in [1.54, 1.807) is 0 Å². The van der Waals surface area contributed by atoms with Crippen LogP contribution in [-0.2, 0) is 11.4 Å². The van der Waals surface area contributed by atoms with E-state index in [4.69, 9.17) is 5.26 Å². The summed E-state index contributed by atoms with van der Waals surface area (Å²) in [6, 6.07) is 20.7. The monoisotopic (exact) mass is 312 g/mol. The molecule has 23 heavy (non-hydrogen) atoms. The number of rotatable bonds is 6. The van der Waals surface area contributed by atoms with Crippen molar-refractivity contribution in [1.29, 1.82) is 0 Å². The van der Waals surface area contributed by atoms with Gasteiger partial charge in [0, 0.05) is 25.3 Å². The number of anilines is 1. The lowest BCUT2D eigenvalue weighted by molar-refractivity contribution is -0.253. The van der Waals surface area contributed by atoms with Crippen molar-refractivity contribution < 1.29 is 10.1 Å². The number of para-hydroxylation sites is 1. The lowest BCUT2D eigenvalue weighted by atomic mass is 9.87. The summed E-state index contributed by atoms with van der Waals surface area (Å²) in [5, 5.41) is 12.6. The second kappa shape index (κ2) is 7.59. The average Bonchev–Trinajstić information content (AvgIpc) is 2.59. The average molecular weight is 312 g/mol. The number of hydrogen-bond donors (Lipinski definition) is 2. The second-order valence-electron chi connectivity index (χ2n) is 6.31. The van der Waals surface area contributed by atoms with Crippen LogP contribution in [0.3, 0.4) is 0 Å². The van der Waals surface area contributed by atoms with Gasteiger partial charge in [0.25, 0.3) is 0 Å². The highest BCUT2D eigenvalue weighted by molar-refractivity contribution is 5.45. The maximum absolute atomic E-state index is 9.01. The third-order valence-corrected chi connectivity index (χ3v) is 4.59. The van der Waals surface area contributed by atoms with Crippen molar-refractivity contribution in [3.8, 4) is 0 Å². The maximum Gasteiger partial charge on any atom is 0.105 e. The Morgan fingerprint density at radius 1 is 0.957 bits per heavy atom. The van der Waals surface area contributed by atoms with Crippen molar-refractivity contribution in [3.63, 3.8) is 0 Å². The van der Waals surface area contributed by atoms with E-state index in [1.165, 1.54) is 5.56 Å². The van der Waals surface area contributed by atoms with Crippen molar-refractivity contribution >= 4 is 5.69 Å². The normalized spacial score (nSPS) is 17.8. The fourth-order valence-corrected chi connectivity index (χ4v) is 3.24. The molecule has 0 unspecified atom stereocenters. The van der Waals surface area contributed by atoms with E-state index in [2.05, 4.69) is 51.5 Å². The Labute approximate surface area is 137 Å². The van der Waals surface area contributed by atoms with Crippen LogP contribution in [0.4, 0.5) is 5.69 Å². The van der Waals surface area contributed by atoms with Crippen molar-refractivity contribution in [2.24, 2.45) is 0 Å². The summed E-state index contributed by atoms with van der Waals surface area (Å²) >= 11 is 0. The third kappa shape index (κ3) is 4.32. The SMILES string of the molecule is OOCC1(Nc2ccccc2)CCN(Cc2ccccc2)CC1. The molecule has 3 rings (SSSR count). The Morgan fingerprint density at radius 2 is 1.57 bits per heavy atom. The molecule has 0 aromatic heterocycles. The van der Waals surface area contributed by atoms with Crippen molar-refractivity contribution in [3.05, 3.63) is 66.2 Å². The molecule has 0 amide bonds. The molecule has 0 aliphatic carbocycles. The van der Waals surface area contributed by atoms with Crippen LogP contribution in [0.25, 0.3) is 0 Å². The first kappa shape index (κ1) is 16.0. The van der Waals surface area contributed by atoms with Crippen molar-refractivity contribution in [1.82, 2.24) is 4.90 Å². The van der Waals surface area contributed by atoms with Crippen LogP contribution < -0.4 is 5.32 Å². The number of nitrogens with zero attached hydrogens (tertiary/aromatic N) is 1. The molecule has 1 fully saturated rings. The summed E-state index contributed by atoms with van der Waals surface area (Å²) in [5.41, 5.74) is 2.21. The van der Waals surface area contributed by atoms with Gasteiger partial charge in [0.05, 0.1) is 5.54 Å². The zero-order valence-electron chi connectivity index (χ0n) is 13.3. The number of likely N-dealkylation sites (tertiary alicyclic amines) is 1. The van der Waals surface area contributed by atoms with Gasteiger partial charge in [-0.05, 0) is 30.5 Å². The van der Waals surface area contributed by atoms with Gasteiger partial charge in [-0.1, -0.05) is 48.5 Å². The van der Waals surface area contributed by atoms with Gasteiger partial charge in [-0.2, -0.15) is 0 Å². The Balaban J connectivity index is 1.61. The first-order chi connectivity index (χ1) is 11.3. The molecule has 2 aromatic carbocycles. The van der Waals surface area contributed by atoms with E-state index in [1.807, 2.05) is 24.3 Å². The molecule has 1 aliphatic heterocycles. The van der Waals surface area contributed by atoms with Gasteiger partial charge < -0.3 is 5.32 Å². The predicted molar refractivity (Wildman–Crippen MR) is 92.3 cm³/mol. The van der Waals surface area contributed by atoms with Gasteiger partial charge in [-0.3, -0.25) is 10.2 Å². The van der Waals surface area contributed by atoms with Gasteiger partial charge in [0.1, 0.15) is 6.61 Å². The second-order valence-corrected chi connectivity index (χ2v) is 6.31. The molecule has 1 heterocycles. The molecular weight excluding hydrogens is 288 g/mol. The summed E-state index contributed by atoms with van der Waals surface area (Å²) < 4.78 is 0. The minimum Gasteiger partial charge on any atom is -0.377 e. The van der Waals surface area contributed by atoms with E-state index < -0.39 is 0 Å². The molecule has 122 valence electrons. The van der Waals surface area contributed by atoms with Crippen molar-refractivity contribution in [2.45, 2.75) is 24.9 Å². The zero-order valence-corrected chi connectivity index (χ0v) is 13.3. The number of nitrogens with one attached hydrogen (secondary N) is 1. The Kier molecular flexibility index (Phi) is 5.28. The molecule has 4 heteroatoms. The minimum absolute atomic E-state index is 0.205. The zero-order chi connectivity index (χ0) is 16.0. The van der Waals surface area contributed by atoms with Gasteiger partial charge in [0.2, 0.25) is 0 Å². The largest absolute Gasteiger partial charge is 0.377 e. The van der Waals surface area contributed by atoms with Gasteiger partial charge >= 0.3 is 0 Å². The molecular formula is C19H24N2O2. The molecule has 2 aromatic rings. The lowest BCUT2D eigenvalue weighted by Gasteiger charge is -2.42. The number of piperidine rings is 1. The summed E-state index contributed by atoms with van der Waals surface area (Å²) in [5.74, 6) is 0. The van der Waals surface area contributed by atoms with Crippen LogP contribution in [0.2, 0.25) is 0 Å². The van der Waals surface area contributed by atoms with Gasteiger partial charge in [-0.15, -0.1) is 0 Å². The number of benzene rings is 2. The standard InChI is InChI=1S/C19H24N2O2/c22-23-16-19(20-18-9-5-2-6-10-18)11-13-21(14-12-19)15-17-7-3-1-4-8-17/h1-10,20,22H,11-16H2. The fraction of sp³-hybridized carbons (Fsp3) is 0.368. The quantitative estimate of drug-likeness (QED) is 0.631. The summed E-state index contributed by atoms with van der Waals surface area (Å²) in [6.07, 6.45) is 1.88. The Morgan fingerprint density at radius 3 is 2.17 bits per heavy atom. The molecule has 0 radical (unpaired) electrons. The van der Waals surface area contributed by atoms with Crippen molar-refractivity contribution in [2.75, 3.05) is 25.0 Å². The van der Waals surface area contributed by atoms with Gasteiger partial charge in [0.15, 0.2) is 0 Å². The highest BCUT2D eigenvalue weighted by atomic mass is 17.1. The van der Waals surface area contributed by atoms with Crippen LogP contribution >= 0.6 is 0 Å². The van der Waals surface area contributed by atoms with Crippen LogP contribution in [0.1, 0.15) is 18.4 Å². The van der Waals surface area contributed by atoms with E-state index in [-0.39, 0.29) is 5.54 Å². The molecule has 1 aliphatic rings. The minimum atomic E-state index is -0.205. The Hall–Kier alpha value is -1.88. The fourth-order valence-electron chi connectivity index (χ4n) is 3.24. The molecule has 0 bridgehead atoms. The Bertz CT molecular complexity index is 581. The third-order valence-electron chi connectivity index (χ3n) is 4.59. The van der Waals surface area contributed by atoms with E-state index >= 15 is 0 Å². The van der Waals surface area contributed by atoms with E-state index in [0.717, 1.165) is 38.2 Å². The molecule has 0 spiro atoms. The molecule has 0 saturated carbocycles. The van der Waals surface area contributed by atoms with Crippen LogP contribution in [-0.4, -0.2) is 35.4 Å².